The molecule has 3 rings (SSSR count). The van der Waals surface area contributed by atoms with Gasteiger partial charge < -0.3 is 30.2 Å². The third-order valence-electron chi connectivity index (χ3n) is 6.22. The first kappa shape index (κ1) is 35.6. The summed E-state index contributed by atoms with van der Waals surface area (Å²) in [5, 5.41) is 10.6. The number of nitrogen functional groups attached to an aromatic ring is 1. The third kappa shape index (κ3) is 9.56. The Morgan fingerprint density at radius 2 is 1.70 bits per heavy atom. The monoisotopic (exact) mass is 659 g/mol. The number of hydrogen-bond donors (Lipinski definition) is 5. The van der Waals surface area contributed by atoms with Gasteiger partial charge in [-0.05, 0) is 67.4 Å². The van der Waals surface area contributed by atoms with Gasteiger partial charge in [-0.15, -0.1) is 0 Å². The van der Waals surface area contributed by atoms with Crippen molar-refractivity contribution in [3.63, 3.8) is 0 Å². The predicted molar refractivity (Wildman–Crippen MR) is 161 cm³/mol. The van der Waals surface area contributed by atoms with Gasteiger partial charge in [0.15, 0.2) is 11.5 Å². The van der Waals surface area contributed by atoms with Crippen molar-refractivity contribution in [2.75, 3.05) is 26.0 Å². The number of carbonyl (C=O) groups is 4. The number of halogens is 3. The Kier molecular flexibility index (Phi) is 11.7. The van der Waals surface area contributed by atoms with E-state index in [4.69, 9.17) is 20.6 Å². The molecule has 0 aliphatic heterocycles. The molecular weight excluding hydrogens is 627 g/mol. The Hall–Kier alpha value is -5.87. The first-order chi connectivity index (χ1) is 22.1. The second-order valence-corrected chi connectivity index (χ2v) is 9.91. The number of pyridine rings is 1. The van der Waals surface area contributed by atoms with E-state index >= 15 is 0 Å². The molecule has 2 atom stereocenters. The minimum atomic E-state index is -5.40. The number of benzene rings is 2. The maximum atomic E-state index is 13.5. The van der Waals surface area contributed by atoms with Crippen LogP contribution in [0.2, 0.25) is 0 Å². The first-order valence-corrected chi connectivity index (χ1v) is 13.8. The largest absolute Gasteiger partial charge is 0.491 e. The third-order valence-corrected chi connectivity index (χ3v) is 6.22. The first-order valence-electron chi connectivity index (χ1n) is 13.8. The quantitative estimate of drug-likeness (QED) is 0.0633. The number of esters is 1. The molecule has 0 radical (unpaired) electrons. The van der Waals surface area contributed by atoms with Crippen LogP contribution in [0.3, 0.4) is 0 Å². The Morgan fingerprint density at radius 1 is 1.02 bits per heavy atom. The fourth-order valence-electron chi connectivity index (χ4n) is 3.87. The van der Waals surface area contributed by atoms with Gasteiger partial charge in [-0.1, -0.05) is 12.1 Å². The van der Waals surface area contributed by atoms with Crippen molar-refractivity contribution < 1.29 is 46.6 Å². The number of hydrogen-bond acceptors (Lipinski definition) is 10. The van der Waals surface area contributed by atoms with E-state index in [1.165, 1.54) is 50.6 Å². The summed E-state index contributed by atoms with van der Waals surface area (Å²) >= 11 is 0. The normalized spacial score (nSPS) is 12.1. The van der Waals surface area contributed by atoms with E-state index < -0.39 is 42.2 Å². The van der Waals surface area contributed by atoms with Gasteiger partial charge in [0.1, 0.15) is 17.6 Å². The highest BCUT2D eigenvalue weighted by atomic mass is 19.4. The molecule has 250 valence electrons. The summed E-state index contributed by atoms with van der Waals surface area (Å²) in [5.41, 5.74) is 11.8. The summed E-state index contributed by atoms with van der Waals surface area (Å²) in [4.78, 5) is 55.2. The summed E-state index contributed by atoms with van der Waals surface area (Å²) in [6, 6.07) is 12.1. The number of rotatable bonds is 12. The van der Waals surface area contributed by atoms with Gasteiger partial charge in [0.25, 0.3) is 11.8 Å². The molecule has 0 fully saturated rings. The summed E-state index contributed by atoms with van der Waals surface area (Å²) in [6.07, 6.45) is -6.31. The van der Waals surface area contributed by atoms with Crippen LogP contribution in [0.5, 0.6) is 11.5 Å². The number of aromatic nitrogens is 1. The number of anilines is 1. The lowest BCUT2D eigenvalue weighted by molar-refractivity contribution is -0.217. The molecule has 14 nitrogen and oxygen atoms in total. The Morgan fingerprint density at radius 3 is 2.28 bits per heavy atom. The lowest BCUT2D eigenvalue weighted by Gasteiger charge is -2.24. The van der Waals surface area contributed by atoms with E-state index in [9.17, 15) is 32.3 Å². The molecule has 1 heterocycles. The van der Waals surface area contributed by atoms with E-state index in [1.807, 2.05) is 0 Å². The number of alkyl halides is 3. The van der Waals surface area contributed by atoms with Gasteiger partial charge in [0, 0.05) is 31.5 Å². The number of amides is 3. The van der Waals surface area contributed by atoms with Crippen molar-refractivity contribution in [1.82, 2.24) is 20.7 Å². The minimum absolute atomic E-state index is 0.0186. The molecule has 47 heavy (non-hydrogen) atoms. The molecule has 1 aromatic heterocycles. The van der Waals surface area contributed by atoms with Crippen molar-refractivity contribution >= 4 is 35.2 Å². The topological polar surface area (TPSA) is 198 Å². The molecule has 2 unspecified atom stereocenters. The van der Waals surface area contributed by atoms with Crippen LogP contribution >= 0.6 is 0 Å². The fourth-order valence-corrected chi connectivity index (χ4v) is 3.87. The number of amidine groups is 1. The number of nitrogens with two attached hydrogens (primary N) is 1. The van der Waals surface area contributed by atoms with E-state index in [-0.39, 0.29) is 35.2 Å². The van der Waals surface area contributed by atoms with Crippen LogP contribution in [-0.4, -0.2) is 72.6 Å². The predicted octanol–water partition coefficient (Wildman–Crippen LogP) is 2.59. The number of nitrogens with zero attached hydrogens (tertiary/aromatic N) is 2. The molecule has 0 saturated heterocycles. The molecule has 6 N–H and O–H groups in total. The molecule has 0 aliphatic carbocycles. The van der Waals surface area contributed by atoms with E-state index in [2.05, 4.69) is 25.9 Å². The van der Waals surface area contributed by atoms with Gasteiger partial charge in [0.2, 0.25) is 0 Å². The number of nitrogens with one attached hydrogen (secondary N) is 4. The maximum Gasteiger partial charge on any atom is 0.491 e. The molecular formula is C30H32F3N7O7. The van der Waals surface area contributed by atoms with Gasteiger partial charge in [0.05, 0.1) is 6.61 Å². The van der Waals surface area contributed by atoms with Crippen LogP contribution in [0.15, 0.2) is 60.8 Å². The standard InChI is InChI=1S/C30H32F3N7O7/c1-5-45-21-15-18(10-13-20(21)46-28(27(43)40(3)4)47-29(44)30(31,32)33)23(37-19-11-8-17(9-12-19)24(34)35)26(42)39-38-25(41)22-16(2)7-6-14-36-22/h6-15,23,28,37H,5H2,1-4H3,(H3,34,35)(H,38,41)(H,39,42). The van der Waals surface area contributed by atoms with Crippen LogP contribution < -0.4 is 31.4 Å². The van der Waals surface area contributed by atoms with Crippen molar-refractivity contribution in [3.8, 4) is 11.5 Å². The summed E-state index contributed by atoms with van der Waals surface area (Å²) < 4.78 is 54.1. The van der Waals surface area contributed by atoms with Crippen LogP contribution in [0, 0.1) is 12.3 Å². The molecule has 3 aromatic rings. The smallest absolute Gasteiger partial charge is 0.490 e. The Balaban J connectivity index is 1.97. The van der Waals surface area contributed by atoms with E-state index in [1.54, 1.807) is 38.1 Å². The highest BCUT2D eigenvalue weighted by Crippen LogP contribution is 2.33. The minimum Gasteiger partial charge on any atom is -0.490 e. The van der Waals surface area contributed by atoms with E-state index in [0.29, 0.717) is 16.8 Å². The van der Waals surface area contributed by atoms with Crippen LogP contribution in [0.4, 0.5) is 18.9 Å². The summed E-state index contributed by atoms with van der Waals surface area (Å²) in [7, 11) is 2.44. The molecule has 17 heteroatoms. The van der Waals surface area contributed by atoms with Gasteiger partial charge in [-0.3, -0.25) is 35.6 Å². The SMILES string of the molecule is CCOc1cc(C(Nc2ccc(C(=N)N)cc2)C(=O)NNC(=O)c2ncccc2C)ccc1OC(OC(=O)C(F)(F)F)C(=O)N(C)C. The zero-order valence-electron chi connectivity index (χ0n) is 25.6. The van der Waals surface area contributed by atoms with E-state index in [0.717, 1.165) is 4.90 Å². The van der Waals surface area contributed by atoms with Crippen LogP contribution in [0.1, 0.15) is 40.1 Å². The number of carbonyl (C=O) groups excluding carboxylic acids is 4. The highest BCUT2D eigenvalue weighted by Gasteiger charge is 2.44. The molecule has 0 saturated carbocycles. The van der Waals surface area contributed by atoms with Gasteiger partial charge in [-0.25, -0.2) is 4.79 Å². The zero-order valence-corrected chi connectivity index (χ0v) is 25.6. The average Bonchev–Trinajstić information content (AvgIpc) is 3.02. The lowest BCUT2D eigenvalue weighted by Crippen LogP contribution is -2.46. The number of hydrazine groups is 1. The number of likely N-dealkylation sites (N-methyl/N-ethyl adjacent to an activating group) is 1. The lowest BCUT2D eigenvalue weighted by atomic mass is 10.0. The van der Waals surface area contributed by atoms with Gasteiger partial charge >= 0.3 is 24.3 Å². The van der Waals surface area contributed by atoms with Crippen molar-refractivity contribution in [2.24, 2.45) is 5.73 Å². The van der Waals surface area contributed by atoms with Gasteiger partial charge in [-0.2, -0.15) is 13.2 Å². The summed E-state index contributed by atoms with van der Waals surface area (Å²) in [6.45, 7) is 3.28. The number of aryl methyl sites for hydroxylation is 1. The molecule has 0 bridgehead atoms. The Labute approximate surface area is 266 Å². The second kappa shape index (κ2) is 15.4. The zero-order chi connectivity index (χ0) is 34.9. The van der Waals surface area contributed by atoms with Crippen molar-refractivity contribution in [3.05, 3.63) is 83.2 Å². The molecule has 3 amide bonds. The fraction of sp³-hybridized carbons (Fsp3) is 0.267. The number of ether oxygens (including phenoxy) is 3. The van der Waals surface area contributed by atoms with Crippen LogP contribution in [0.25, 0.3) is 0 Å². The second-order valence-electron chi connectivity index (χ2n) is 9.91. The maximum absolute atomic E-state index is 13.5. The average molecular weight is 660 g/mol. The highest BCUT2D eigenvalue weighted by molar-refractivity contribution is 5.96. The summed E-state index contributed by atoms with van der Waals surface area (Å²) in [5.74, 6) is -5.79. The van der Waals surface area contributed by atoms with Crippen molar-refractivity contribution in [1.29, 1.82) is 5.41 Å². The molecule has 0 spiro atoms. The molecule has 2 aromatic carbocycles. The Bertz CT molecular complexity index is 1630. The van der Waals surface area contributed by atoms with Crippen molar-refractivity contribution in [2.45, 2.75) is 32.4 Å². The molecule has 0 aliphatic rings. The van der Waals surface area contributed by atoms with Crippen LogP contribution in [-0.2, 0) is 19.1 Å².